The fourth-order valence-electron chi connectivity index (χ4n) is 4.58. The molecule has 0 unspecified atom stereocenters. The maximum atomic E-state index is 13.9. The van der Waals surface area contributed by atoms with Crippen LogP contribution in [-0.2, 0) is 6.18 Å². The summed E-state index contributed by atoms with van der Waals surface area (Å²) < 4.78 is 40.5. The van der Waals surface area contributed by atoms with Crippen LogP contribution >= 0.6 is 11.6 Å². The first-order valence-corrected chi connectivity index (χ1v) is 12.7. The van der Waals surface area contributed by atoms with E-state index in [9.17, 15) is 22.8 Å². The quantitative estimate of drug-likeness (QED) is 0.262. The van der Waals surface area contributed by atoms with Gasteiger partial charge in [0.25, 0.3) is 5.91 Å². The summed E-state index contributed by atoms with van der Waals surface area (Å²) in [6.45, 7) is 1.66. The SMILES string of the molecule is O=C(Nc1ccc(N2CCCCC2)cc1C(=O)c1cn[nH]c1-c1ccc(Cl)c(C(F)(F)F)c1)c1ccccn1. The number of amides is 1. The van der Waals surface area contributed by atoms with Crippen LogP contribution in [0.15, 0.2) is 67.0 Å². The van der Waals surface area contributed by atoms with Crippen LogP contribution in [-0.4, -0.2) is 40.0 Å². The van der Waals surface area contributed by atoms with Gasteiger partial charge in [0.2, 0.25) is 0 Å². The van der Waals surface area contributed by atoms with Crippen molar-refractivity contribution >= 4 is 34.7 Å². The third-order valence-corrected chi connectivity index (χ3v) is 6.89. The lowest BCUT2D eigenvalue weighted by Crippen LogP contribution is -2.29. The van der Waals surface area contributed by atoms with Crippen LogP contribution in [0.4, 0.5) is 24.5 Å². The number of carbonyl (C=O) groups is 2. The van der Waals surface area contributed by atoms with Crippen molar-refractivity contribution in [1.29, 1.82) is 0 Å². The van der Waals surface area contributed by atoms with E-state index < -0.39 is 28.5 Å². The average Bonchev–Trinajstić information content (AvgIpc) is 3.43. The number of ketones is 1. The molecule has 0 spiro atoms. The molecular formula is C28H23ClF3N5O2. The van der Waals surface area contributed by atoms with Gasteiger partial charge in [-0.25, -0.2) is 0 Å². The Hall–Kier alpha value is -4.18. The fourth-order valence-corrected chi connectivity index (χ4v) is 4.81. The monoisotopic (exact) mass is 553 g/mol. The lowest BCUT2D eigenvalue weighted by atomic mass is 9.97. The molecule has 7 nitrogen and oxygen atoms in total. The van der Waals surface area contributed by atoms with Gasteiger partial charge in [0.05, 0.1) is 33.7 Å². The van der Waals surface area contributed by atoms with Crippen LogP contribution in [0.3, 0.4) is 0 Å². The lowest BCUT2D eigenvalue weighted by molar-refractivity contribution is -0.137. The maximum absolute atomic E-state index is 13.9. The summed E-state index contributed by atoms with van der Waals surface area (Å²) in [5, 5.41) is 8.89. The molecule has 2 aromatic heterocycles. The van der Waals surface area contributed by atoms with Gasteiger partial charge in [0.15, 0.2) is 5.78 Å². The minimum absolute atomic E-state index is 0.0505. The zero-order valence-electron chi connectivity index (χ0n) is 20.6. The van der Waals surface area contributed by atoms with Gasteiger partial charge in [-0.05, 0) is 61.7 Å². The van der Waals surface area contributed by atoms with Gasteiger partial charge in [-0.15, -0.1) is 0 Å². The molecule has 0 atom stereocenters. The predicted octanol–water partition coefficient (Wildman–Crippen LogP) is 6.62. The van der Waals surface area contributed by atoms with E-state index in [1.807, 2.05) is 6.07 Å². The van der Waals surface area contributed by atoms with Crippen LogP contribution in [0.5, 0.6) is 0 Å². The van der Waals surface area contributed by atoms with Gasteiger partial charge in [-0.3, -0.25) is 19.7 Å². The maximum Gasteiger partial charge on any atom is 0.417 e. The number of alkyl halides is 3. The number of halogens is 4. The van der Waals surface area contributed by atoms with Crippen LogP contribution in [0.2, 0.25) is 5.02 Å². The Labute approximate surface area is 227 Å². The number of hydrogen-bond acceptors (Lipinski definition) is 5. The Morgan fingerprint density at radius 3 is 2.49 bits per heavy atom. The number of rotatable bonds is 6. The van der Waals surface area contributed by atoms with Crippen LogP contribution < -0.4 is 10.2 Å². The third-order valence-electron chi connectivity index (χ3n) is 6.56. The minimum Gasteiger partial charge on any atom is -0.372 e. The summed E-state index contributed by atoms with van der Waals surface area (Å²) in [6, 6.07) is 13.5. The molecular weight excluding hydrogens is 531 g/mol. The smallest absolute Gasteiger partial charge is 0.372 e. The normalized spacial score (nSPS) is 13.8. The van der Waals surface area contributed by atoms with E-state index in [1.165, 1.54) is 18.5 Å². The first-order chi connectivity index (χ1) is 18.7. The molecule has 0 aliphatic carbocycles. The van der Waals surface area contributed by atoms with Crippen molar-refractivity contribution < 1.29 is 22.8 Å². The van der Waals surface area contributed by atoms with Crippen molar-refractivity contribution in [2.45, 2.75) is 25.4 Å². The molecule has 1 aliphatic heterocycles. The van der Waals surface area contributed by atoms with Gasteiger partial charge >= 0.3 is 6.18 Å². The molecule has 1 fully saturated rings. The van der Waals surface area contributed by atoms with Crippen LogP contribution in [0.1, 0.15) is 51.2 Å². The van der Waals surface area contributed by atoms with E-state index in [4.69, 9.17) is 11.6 Å². The van der Waals surface area contributed by atoms with E-state index in [-0.39, 0.29) is 33.8 Å². The fraction of sp³-hybridized carbons (Fsp3) is 0.214. The van der Waals surface area contributed by atoms with Crippen molar-refractivity contribution in [2.75, 3.05) is 23.3 Å². The van der Waals surface area contributed by atoms with Crippen LogP contribution in [0, 0.1) is 0 Å². The number of nitrogens with one attached hydrogen (secondary N) is 2. The highest BCUT2D eigenvalue weighted by atomic mass is 35.5. The Morgan fingerprint density at radius 1 is 0.974 bits per heavy atom. The molecule has 1 saturated heterocycles. The number of pyridine rings is 1. The Balaban J connectivity index is 1.56. The van der Waals surface area contributed by atoms with E-state index in [1.54, 1.807) is 30.3 Å². The van der Waals surface area contributed by atoms with Gasteiger partial charge in [-0.1, -0.05) is 23.7 Å². The summed E-state index contributed by atoms with van der Waals surface area (Å²) in [5.41, 5.74) is 0.627. The molecule has 1 amide bonds. The molecule has 2 aromatic carbocycles. The van der Waals surface area contributed by atoms with E-state index in [0.29, 0.717) is 0 Å². The van der Waals surface area contributed by atoms with Gasteiger partial charge in [0, 0.05) is 36.1 Å². The largest absolute Gasteiger partial charge is 0.417 e. The first-order valence-electron chi connectivity index (χ1n) is 12.3. The molecule has 0 radical (unpaired) electrons. The standard InChI is InChI=1S/C28H23ClF3N5O2/c29-22-9-7-17(14-21(22)28(30,31)32)25-20(16-34-36-25)26(38)19-15-18(37-12-4-1-5-13-37)8-10-23(19)35-27(39)24-6-2-3-11-33-24/h2-3,6-11,14-16H,1,4-5,12-13H2,(H,34,36)(H,35,39). The Bertz CT molecular complexity index is 1520. The number of anilines is 2. The van der Waals surface area contributed by atoms with Gasteiger partial charge in [0.1, 0.15) is 5.69 Å². The van der Waals surface area contributed by atoms with Crippen molar-refractivity contribution in [1.82, 2.24) is 15.2 Å². The topological polar surface area (TPSA) is 91.0 Å². The van der Waals surface area contributed by atoms with Crippen molar-refractivity contribution in [3.05, 3.63) is 94.4 Å². The molecule has 1 aliphatic rings. The summed E-state index contributed by atoms with van der Waals surface area (Å²) in [7, 11) is 0. The molecule has 0 bridgehead atoms. The summed E-state index contributed by atoms with van der Waals surface area (Å²) in [4.78, 5) is 33.0. The number of H-pyrrole nitrogens is 1. The predicted molar refractivity (Wildman–Crippen MR) is 142 cm³/mol. The number of aromatic amines is 1. The second-order valence-corrected chi connectivity index (χ2v) is 9.53. The van der Waals surface area contributed by atoms with Gasteiger partial charge < -0.3 is 10.2 Å². The highest BCUT2D eigenvalue weighted by Gasteiger charge is 2.34. The van der Waals surface area contributed by atoms with Crippen molar-refractivity contribution in [3.63, 3.8) is 0 Å². The molecule has 4 aromatic rings. The van der Waals surface area contributed by atoms with Crippen molar-refractivity contribution in [2.24, 2.45) is 0 Å². The summed E-state index contributed by atoms with van der Waals surface area (Å²) in [6.07, 6.45) is 1.23. The highest BCUT2D eigenvalue weighted by Crippen LogP contribution is 2.38. The summed E-state index contributed by atoms with van der Waals surface area (Å²) >= 11 is 5.79. The summed E-state index contributed by atoms with van der Waals surface area (Å²) in [5.74, 6) is -1.02. The van der Waals surface area contributed by atoms with Gasteiger partial charge in [-0.2, -0.15) is 18.3 Å². The zero-order chi connectivity index (χ0) is 27.6. The second-order valence-electron chi connectivity index (χ2n) is 9.13. The average molecular weight is 554 g/mol. The lowest BCUT2D eigenvalue weighted by Gasteiger charge is -2.29. The van der Waals surface area contributed by atoms with Crippen LogP contribution in [0.25, 0.3) is 11.3 Å². The van der Waals surface area contributed by atoms with E-state index in [2.05, 4.69) is 25.4 Å². The molecule has 3 heterocycles. The number of nitrogens with zero attached hydrogens (tertiary/aromatic N) is 3. The number of carbonyl (C=O) groups excluding carboxylic acids is 2. The molecule has 0 saturated carbocycles. The Morgan fingerprint density at radius 2 is 1.77 bits per heavy atom. The zero-order valence-corrected chi connectivity index (χ0v) is 21.3. The number of benzene rings is 2. The molecule has 39 heavy (non-hydrogen) atoms. The third kappa shape index (κ3) is 5.65. The highest BCUT2D eigenvalue weighted by molar-refractivity contribution is 6.31. The number of aromatic nitrogens is 3. The van der Waals surface area contributed by atoms with E-state index in [0.717, 1.165) is 50.2 Å². The Kier molecular flexibility index (Phi) is 7.38. The molecule has 11 heteroatoms. The number of hydrogen-bond donors (Lipinski definition) is 2. The molecule has 200 valence electrons. The second kappa shape index (κ2) is 10.9. The van der Waals surface area contributed by atoms with Crippen molar-refractivity contribution in [3.8, 4) is 11.3 Å². The number of piperidine rings is 1. The minimum atomic E-state index is -4.68. The van der Waals surface area contributed by atoms with E-state index >= 15 is 0 Å². The first kappa shape index (κ1) is 26.4. The molecule has 5 rings (SSSR count). The molecule has 2 N–H and O–H groups in total.